The predicted octanol–water partition coefficient (Wildman–Crippen LogP) is 1.78. The van der Waals surface area contributed by atoms with Crippen LogP contribution in [-0.4, -0.2) is 135 Å². The number of thiazole rings is 1. The number of aromatic hydroxyl groups is 2. The van der Waals surface area contributed by atoms with Crippen molar-refractivity contribution in [3.8, 4) is 11.5 Å². The Morgan fingerprint density at radius 3 is 2.53 bits per heavy atom. The van der Waals surface area contributed by atoms with Gasteiger partial charge in [0.1, 0.15) is 28.0 Å². The minimum absolute atomic E-state index is 0.0227. The van der Waals surface area contributed by atoms with Gasteiger partial charge in [0.25, 0.3) is 17.7 Å². The number of fused-ring (bicyclic) bond motifs is 4. The van der Waals surface area contributed by atoms with Crippen molar-refractivity contribution < 1.29 is 43.8 Å². The average molecular weight is 838 g/mol. The fourth-order valence-electron chi connectivity index (χ4n) is 7.29. The van der Waals surface area contributed by atoms with Crippen LogP contribution < -0.4 is 16.4 Å². The molecule has 1 aromatic carbocycles. The molecule has 3 aromatic rings. The first-order valence-electron chi connectivity index (χ1n) is 17.0. The maximum atomic E-state index is 13.9. The number of carboxylic acids is 1. The number of phenols is 2. The summed E-state index contributed by atoms with van der Waals surface area (Å²) in [6, 6.07) is 1.60. The fraction of sp³-hybridized carbons (Fsp3) is 0.469. The van der Waals surface area contributed by atoms with Crippen LogP contribution in [0.4, 0.5) is 5.13 Å². The lowest BCUT2D eigenvalue weighted by atomic mass is 9.70. The topological polar surface area (TPSA) is 271 Å². The molecule has 0 unspecified atom stereocenters. The van der Waals surface area contributed by atoms with Crippen LogP contribution in [0, 0.1) is 5.41 Å². The molecule has 0 aliphatic carbocycles. The number of tetrazole rings is 1. The van der Waals surface area contributed by atoms with Crippen molar-refractivity contribution in [3.05, 3.63) is 44.1 Å². The molecule has 3 amide bonds. The minimum Gasteiger partial charge on any atom is -0.504 e. The molecule has 4 fully saturated rings. The number of nitrogens with zero attached hydrogens (tertiary/aromatic N) is 7. The van der Waals surface area contributed by atoms with E-state index in [0.717, 1.165) is 60.3 Å². The average Bonchev–Trinajstić information content (AvgIpc) is 3.81. The lowest BCUT2D eigenvalue weighted by Gasteiger charge is -2.56. The quantitative estimate of drug-likeness (QED) is 0.0451. The zero-order valence-electron chi connectivity index (χ0n) is 29.3. The summed E-state index contributed by atoms with van der Waals surface area (Å²) in [4.78, 5) is 63.0. The van der Waals surface area contributed by atoms with Crippen LogP contribution in [0.25, 0.3) is 5.70 Å². The molecule has 2 aromatic heterocycles. The number of benzene rings is 1. The number of hydrogen-bond donors (Lipinski definition) is 7. The maximum absolute atomic E-state index is 13.9. The van der Waals surface area contributed by atoms with Gasteiger partial charge in [-0.15, -0.1) is 16.9 Å². The number of nitrogens with two attached hydrogens (primary N) is 1. The molecule has 5 aliphatic rings. The summed E-state index contributed by atoms with van der Waals surface area (Å²) in [5.74, 6) is -3.15. The van der Waals surface area contributed by atoms with Crippen molar-refractivity contribution in [1.82, 2.24) is 41.1 Å². The predicted molar refractivity (Wildman–Crippen MR) is 200 cm³/mol. The number of halogens is 2. The number of piperidine rings is 3. The first kappa shape index (κ1) is 38.6. The van der Waals surface area contributed by atoms with Gasteiger partial charge in [-0.3, -0.25) is 19.3 Å². The molecule has 55 heavy (non-hydrogen) atoms. The highest BCUT2D eigenvalue weighted by Crippen LogP contribution is 2.48. The number of β-lactam (4-membered cyclic amide) rings is 1. The number of amides is 3. The van der Waals surface area contributed by atoms with Gasteiger partial charge in [0.05, 0.1) is 35.9 Å². The van der Waals surface area contributed by atoms with Gasteiger partial charge < -0.3 is 41.0 Å². The van der Waals surface area contributed by atoms with Crippen molar-refractivity contribution in [1.29, 1.82) is 0 Å². The second-order valence-electron chi connectivity index (χ2n) is 14.5. The van der Waals surface area contributed by atoms with Crippen LogP contribution in [0.15, 0.2) is 22.9 Å². The van der Waals surface area contributed by atoms with Crippen molar-refractivity contribution >= 4 is 86.5 Å². The number of carboxylic acid groups (broad SMARTS) is 1. The van der Waals surface area contributed by atoms with Crippen LogP contribution in [0.5, 0.6) is 11.5 Å². The number of anilines is 1. The van der Waals surface area contributed by atoms with E-state index in [-0.39, 0.29) is 31.2 Å². The molecule has 19 nitrogen and oxygen atoms in total. The van der Waals surface area contributed by atoms with Crippen LogP contribution >= 0.6 is 46.3 Å². The van der Waals surface area contributed by atoms with Gasteiger partial charge in [-0.2, -0.15) is 0 Å². The third-order valence-corrected chi connectivity index (χ3v) is 13.5. The van der Waals surface area contributed by atoms with Crippen molar-refractivity contribution in [2.24, 2.45) is 10.6 Å². The number of aliphatic carboxylic acids is 1. The van der Waals surface area contributed by atoms with Crippen LogP contribution in [-0.2, 0) is 19.2 Å². The Morgan fingerprint density at radius 1 is 1.20 bits per heavy atom. The normalized spacial score (nSPS) is 25.0. The summed E-state index contributed by atoms with van der Waals surface area (Å²) in [5, 5.41) is 52.4. The number of H-pyrrole nitrogens is 1. The largest absolute Gasteiger partial charge is 0.504 e. The van der Waals surface area contributed by atoms with Gasteiger partial charge >= 0.3 is 5.97 Å². The second kappa shape index (κ2) is 14.4. The van der Waals surface area contributed by atoms with Crippen molar-refractivity contribution in [2.45, 2.75) is 50.1 Å². The molecule has 4 saturated heterocycles. The van der Waals surface area contributed by atoms with E-state index in [1.165, 1.54) is 37.7 Å². The number of thioether (sulfide) groups is 1. The lowest BCUT2D eigenvalue weighted by Crippen LogP contribution is -2.70. The van der Waals surface area contributed by atoms with Crippen LogP contribution in [0.3, 0.4) is 0 Å². The second-order valence-corrected chi connectivity index (χ2v) is 17.6. The van der Waals surface area contributed by atoms with E-state index in [2.05, 4.69) is 41.4 Å². The monoisotopic (exact) mass is 836 g/mol. The maximum Gasteiger partial charge on any atom is 0.350 e. The molecule has 292 valence electrons. The Balaban J connectivity index is 1.05. The standard InChI is InChI=1S/C32H35Cl2N11O8S2/c1-31(2,29(51)52)53-41-19(18-23(34)55-30(35)38-18)26(49)37-20-27(50)44-21(24-39-42-43-40-24)14(12-54-28(20)44)11-45-8-5-32(6-9-45,7-10-45)13-36-25(48)15-3-4-16(46)22(47)17(15)33/h3-4,20,28H,5-13H2,1-2H3,(H7-,35,36,37,38,39,40,41,42,43,46,47,48,49,51,52)/p+1/t20-,28-,32?,45?/m1/s1. The van der Waals surface area contributed by atoms with Crippen molar-refractivity contribution in [3.63, 3.8) is 0 Å². The molecule has 0 spiro atoms. The molecule has 2 bridgehead atoms. The minimum atomic E-state index is -1.80. The van der Waals surface area contributed by atoms with Crippen molar-refractivity contribution in [2.75, 3.05) is 44.2 Å². The fourth-order valence-corrected chi connectivity index (χ4v) is 9.80. The highest BCUT2D eigenvalue weighted by atomic mass is 35.5. The molecule has 0 radical (unpaired) electrons. The Hall–Kier alpha value is -4.70. The van der Waals surface area contributed by atoms with E-state index in [9.17, 15) is 34.5 Å². The summed E-state index contributed by atoms with van der Waals surface area (Å²) in [6.07, 6.45) is 2.56. The highest BCUT2D eigenvalue weighted by Gasteiger charge is 2.56. The van der Waals surface area contributed by atoms with E-state index < -0.39 is 57.9 Å². The van der Waals surface area contributed by atoms with E-state index >= 15 is 0 Å². The van der Waals surface area contributed by atoms with E-state index in [1.54, 1.807) is 4.90 Å². The summed E-state index contributed by atoms with van der Waals surface area (Å²) in [7, 11) is 0. The van der Waals surface area contributed by atoms with Gasteiger partial charge in [-0.25, -0.2) is 14.9 Å². The number of rotatable bonds is 12. The first-order valence-corrected chi connectivity index (χ1v) is 19.6. The van der Waals surface area contributed by atoms with E-state index in [1.807, 2.05) is 0 Å². The van der Waals surface area contributed by atoms with Gasteiger partial charge in [0.15, 0.2) is 28.2 Å². The summed E-state index contributed by atoms with van der Waals surface area (Å²) in [6.45, 7) is 6.11. The molecule has 5 aliphatic heterocycles. The van der Waals surface area contributed by atoms with Crippen LogP contribution in [0.1, 0.15) is 55.0 Å². The first-order chi connectivity index (χ1) is 26.0. The third kappa shape index (κ3) is 7.14. The number of nitrogens with one attached hydrogen (secondary N) is 3. The highest BCUT2D eigenvalue weighted by molar-refractivity contribution is 8.00. The zero-order chi connectivity index (χ0) is 39.4. The Labute approximate surface area is 330 Å². The smallest absolute Gasteiger partial charge is 0.350 e. The number of hydrogen-bond acceptors (Lipinski definition) is 15. The zero-order valence-corrected chi connectivity index (χ0v) is 32.5. The molecule has 8 N–H and O–H groups in total. The molecule has 7 heterocycles. The number of aromatic nitrogens is 5. The van der Waals surface area contributed by atoms with Gasteiger partial charge in [-0.1, -0.05) is 39.7 Å². The van der Waals surface area contributed by atoms with Gasteiger partial charge in [-0.05, 0) is 36.4 Å². The van der Waals surface area contributed by atoms with Gasteiger partial charge in [0.2, 0.25) is 5.60 Å². The molecule has 2 atom stereocenters. The number of quaternary nitrogens is 1. The SMILES string of the molecule is CC(C)(O/N=C(\C(=O)N[C@@H]1C(=O)N2C(c3nnn[nH]3)=C(C[N+]34CCC(CNC(=O)c5ccc(O)c(O)c5Cl)(CC3)CC4)CS[C@H]12)c1nc(N)sc1Cl)C(=O)O. The van der Waals surface area contributed by atoms with Crippen LogP contribution in [0.2, 0.25) is 9.36 Å². The lowest BCUT2D eigenvalue weighted by molar-refractivity contribution is -0.941. The summed E-state index contributed by atoms with van der Waals surface area (Å²) >= 11 is 14.8. The number of oxime groups is 1. The number of carbonyl (C=O) groups excluding carboxylic acids is 3. The Bertz CT molecular complexity index is 2120. The van der Waals surface area contributed by atoms with Gasteiger partial charge in [0, 0.05) is 42.5 Å². The summed E-state index contributed by atoms with van der Waals surface area (Å²) in [5.41, 5.74) is 4.93. The number of aromatic amines is 1. The van der Waals surface area contributed by atoms with E-state index in [0.29, 0.717) is 30.4 Å². The molecular formula is C32H36Cl2N11O8S2+. The Morgan fingerprint density at radius 2 is 1.91 bits per heavy atom. The number of nitrogen functional groups attached to an aromatic ring is 1. The number of phenolic OH excluding ortho intramolecular Hbond substituents is 2. The van der Waals surface area contributed by atoms with E-state index in [4.69, 9.17) is 33.8 Å². The molecule has 0 saturated carbocycles. The third-order valence-electron chi connectivity index (χ3n) is 10.7. The Kier molecular flexibility index (Phi) is 10.1. The number of carbonyl (C=O) groups is 4. The molecule has 8 rings (SSSR count). The summed E-state index contributed by atoms with van der Waals surface area (Å²) < 4.78 is 0.806. The molecular weight excluding hydrogens is 801 g/mol. The molecule has 23 heteroatoms.